The molecule has 1 fully saturated rings. The second kappa shape index (κ2) is 4.24. The van der Waals surface area contributed by atoms with E-state index >= 15 is 0 Å². The van der Waals surface area contributed by atoms with E-state index < -0.39 is 17.3 Å². The summed E-state index contributed by atoms with van der Waals surface area (Å²) in [5.41, 5.74) is -1.41. The van der Waals surface area contributed by atoms with Gasteiger partial charge in [0, 0.05) is 0 Å². The summed E-state index contributed by atoms with van der Waals surface area (Å²) in [7, 11) is 0. The summed E-state index contributed by atoms with van der Waals surface area (Å²) in [6.45, 7) is 8.90. The number of aliphatic hydroxyl groups is 1. The zero-order chi connectivity index (χ0) is 12.6. The molecular weight excluding hydrogens is 206 g/mol. The number of carbonyl (C=O) groups is 1. The molecule has 0 radical (unpaired) electrons. The van der Waals surface area contributed by atoms with Gasteiger partial charge in [-0.1, -0.05) is 0 Å². The largest absolute Gasteiger partial charge is 0.444 e. The van der Waals surface area contributed by atoms with Gasteiger partial charge in [-0.2, -0.15) is 0 Å². The van der Waals surface area contributed by atoms with Gasteiger partial charge in [-0.25, -0.2) is 4.79 Å². The maximum Gasteiger partial charge on any atom is 0.407 e. The van der Waals surface area contributed by atoms with Crippen LogP contribution in [0.4, 0.5) is 4.79 Å². The highest BCUT2D eigenvalue weighted by Crippen LogP contribution is 2.37. The number of amides is 1. The first-order valence-electron chi connectivity index (χ1n) is 5.81. The van der Waals surface area contributed by atoms with E-state index in [0.717, 1.165) is 12.8 Å². The number of hydrogen-bond donors (Lipinski definition) is 2. The second-order valence-corrected chi connectivity index (χ2v) is 6.11. The Morgan fingerprint density at radius 1 is 1.31 bits per heavy atom. The predicted molar refractivity (Wildman–Crippen MR) is 62.2 cm³/mol. The normalized spacial score (nSPS) is 19.1. The molecule has 16 heavy (non-hydrogen) atoms. The van der Waals surface area contributed by atoms with Crippen LogP contribution in [0.25, 0.3) is 0 Å². The Balaban J connectivity index is 2.53. The van der Waals surface area contributed by atoms with Crippen LogP contribution in [0.3, 0.4) is 0 Å². The van der Waals surface area contributed by atoms with E-state index in [0.29, 0.717) is 5.92 Å². The van der Waals surface area contributed by atoms with Crippen molar-refractivity contribution in [2.75, 3.05) is 0 Å². The third-order valence-electron chi connectivity index (χ3n) is 2.53. The summed E-state index contributed by atoms with van der Waals surface area (Å²) >= 11 is 0. The number of rotatable bonds is 3. The molecule has 0 aromatic carbocycles. The first kappa shape index (κ1) is 13.3. The number of nitrogens with one attached hydrogen (secondary N) is 1. The van der Waals surface area contributed by atoms with E-state index in [1.807, 2.05) is 20.8 Å². The van der Waals surface area contributed by atoms with Gasteiger partial charge in [0.15, 0.2) is 0 Å². The first-order valence-corrected chi connectivity index (χ1v) is 5.81. The van der Waals surface area contributed by atoms with E-state index in [4.69, 9.17) is 4.74 Å². The van der Waals surface area contributed by atoms with Crippen LogP contribution in [0.15, 0.2) is 0 Å². The highest BCUT2D eigenvalue weighted by Gasteiger charge is 2.41. The minimum absolute atomic E-state index is 0.220. The molecule has 0 saturated heterocycles. The molecule has 1 rings (SSSR count). The maximum atomic E-state index is 11.6. The maximum absolute atomic E-state index is 11.6. The summed E-state index contributed by atoms with van der Waals surface area (Å²) in [5.74, 6) is 0.382. The van der Waals surface area contributed by atoms with E-state index in [-0.39, 0.29) is 6.04 Å². The van der Waals surface area contributed by atoms with E-state index in [1.165, 1.54) is 0 Å². The van der Waals surface area contributed by atoms with Crippen molar-refractivity contribution in [1.29, 1.82) is 0 Å². The second-order valence-electron chi connectivity index (χ2n) is 6.11. The first-order chi connectivity index (χ1) is 7.09. The van der Waals surface area contributed by atoms with Crippen LogP contribution in [0.5, 0.6) is 0 Å². The molecule has 94 valence electrons. The number of ether oxygens (including phenoxy) is 1. The van der Waals surface area contributed by atoms with Crippen molar-refractivity contribution < 1.29 is 14.6 Å². The fourth-order valence-corrected chi connectivity index (χ4v) is 1.74. The zero-order valence-electron chi connectivity index (χ0n) is 10.8. The minimum atomic E-state index is -0.905. The monoisotopic (exact) mass is 229 g/mol. The smallest absolute Gasteiger partial charge is 0.407 e. The van der Waals surface area contributed by atoms with Crippen LogP contribution in [0.2, 0.25) is 0 Å². The molecule has 0 aromatic rings. The summed E-state index contributed by atoms with van der Waals surface area (Å²) in [4.78, 5) is 11.6. The van der Waals surface area contributed by atoms with Crippen molar-refractivity contribution >= 4 is 6.09 Å². The lowest BCUT2D eigenvalue weighted by atomic mass is 9.95. The van der Waals surface area contributed by atoms with E-state index in [2.05, 4.69) is 5.32 Å². The van der Waals surface area contributed by atoms with Gasteiger partial charge in [0.2, 0.25) is 0 Å². The molecule has 1 unspecified atom stereocenters. The van der Waals surface area contributed by atoms with Crippen LogP contribution in [-0.2, 0) is 4.74 Å². The molecule has 0 aromatic heterocycles. The lowest BCUT2D eigenvalue weighted by Crippen LogP contribution is -2.51. The Bertz CT molecular complexity index is 258. The quantitative estimate of drug-likeness (QED) is 0.778. The molecule has 0 bridgehead atoms. The van der Waals surface area contributed by atoms with Gasteiger partial charge in [-0.05, 0) is 53.4 Å². The minimum Gasteiger partial charge on any atom is -0.444 e. The van der Waals surface area contributed by atoms with Crippen LogP contribution >= 0.6 is 0 Å². The fourth-order valence-electron chi connectivity index (χ4n) is 1.74. The van der Waals surface area contributed by atoms with Gasteiger partial charge in [0.1, 0.15) is 5.60 Å². The third-order valence-corrected chi connectivity index (χ3v) is 2.53. The summed E-state index contributed by atoms with van der Waals surface area (Å²) < 4.78 is 5.18. The average molecular weight is 229 g/mol. The molecule has 0 heterocycles. The van der Waals surface area contributed by atoms with E-state index in [9.17, 15) is 9.90 Å². The summed E-state index contributed by atoms with van der Waals surface area (Å²) in [5, 5.41) is 12.7. The highest BCUT2D eigenvalue weighted by atomic mass is 16.6. The SMILES string of the molecule is CC(C)(C)OC(=O)NC(C1CC1)C(C)(C)O. The third kappa shape index (κ3) is 4.39. The van der Waals surface area contributed by atoms with Crippen LogP contribution in [0.1, 0.15) is 47.5 Å². The molecule has 1 aliphatic rings. The van der Waals surface area contributed by atoms with Crippen molar-refractivity contribution in [3.05, 3.63) is 0 Å². The molecule has 2 N–H and O–H groups in total. The van der Waals surface area contributed by atoms with Crippen molar-refractivity contribution in [3.8, 4) is 0 Å². The summed E-state index contributed by atoms with van der Waals surface area (Å²) in [6, 6.07) is -0.220. The van der Waals surface area contributed by atoms with Crippen molar-refractivity contribution in [1.82, 2.24) is 5.32 Å². The van der Waals surface area contributed by atoms with Gasteiger partial charge in [-0.3, -0.25) is 0 Å². The lowest BCUT2D eigenvalue weighted by molar-refractivity contribution is 0.0113. The number of alkyl carbamates (subject to hydrolysis) is 1. The van der Waals surface area contributed by atoms with Crippen molar-refractivity contribution in [2.24, 2.45) is 5.92 Å². The highest BCUT2D eigenvalue weighted by molar-refractivity contribution is 5.68. The summed E-state index contributed by atoms with van der Waals surface area (Å²) in [6.07, 6.45) is 1.67. The Kier molecular flexibility index (Phi) is 3.53. The Hall–Kier alpha value is -0.770. The fraction of sp³-hybridized carbons (Fsp3) is 0.917. The molecule has 0 spiro atoms. The van der Waals surface area contributed by atoms with Crippen molar-refractivity contribution in [3.63, 3.8) is 0 Å². The molecule has 4 heteroatoms. The van der Waals surface area contributed by atoms with Gasteiger partial charge in [0.05, 0.1) is 11.6 Å². The average Bonchev–Trinajstić information content (AvgIpc) is 2.76. The Morgan fingerprint density at radius 2 is 1.81 bits per heavy atom. The molecule has 1 aliphatic carbocycles. The van der Waals surface area contributed by atoms with Crippen LogP contribution < -0.4 is 5.32 Å². The van der Waals surface area contributed by atoms with Crippen molar-refractivity contribution in [2.45, 2.75) is 64.7 Å². The topological polar surface area (TPSA) is 58.6 Å². The molecule has 1 saturated carbocycles. The zero-order valence-corrected chi connectivity index (χ0v) is 10.8. The molecule has 1 amide bonds. The molecular formula is C12H23NO3. The lowest BCUT2D eigenvalue weighted by Gasteiger charge is -2.31. The number of hydrogen-bond acceptors (Lipinski definition) is 3. The van der Waals surface area contributed by atoms with Gasteiger partial charge < -0.3 is 15.2 Å². The van der Waals surface area contributed by atoms with Gasteiger partial charge >= 0.3 is 6.09 Å². The Labute approximate surface area is 97.4 Å². The number of carbonyl (C=O) groups excluding carboxylic acids is 1. The van der Waals surface area contributed by atoms with Crippen LogP contribution in [-0.4, -0.2) is 28.4 Å². The van der Waals surface area contributed by atoms with Gasteiger partial charge in [-0.15, -0.1) is 0 Å². The standard InChI is InChI=1S/C12H23NO3/c1-11(2,3)16-10(14)13-9(8-6-7-8)12(4,5)15/h8-9,15H,6-7H2,1-5H3,(H,13,14). The molecule has 1 atom stereocenters. The Morgan fingerprint density at radius 3 is 2.12 bits per heavy atom. The molecule has 0 aliphatic heterocycles. The van der Waals surface area contributed by atoms with E-state index in [1.54, 1.807) is 13.8 Å². The predicted octanol–water partition coefficient (Wildman–Crippen LogP) is 2.06. The molecule has 4 nitrogen and oxygen atoms in total. The van der Waals surface area contributed by atoms with Gasteiger partial charge in [0.25, 0.3) is 0 Å². The van der Waals surface area contributed by atoms with Crippen LogP contribution in [0, 0.1) is 5.92 Å².